The number of nitrogens with one attached hydrogen (secondary N) is 1. The second-order valence-electron chi connectivity index (χ2n) is 6.31. The van der Waals surface area contributed by atoms with E-state index in [4.69, 9.17) is 0 Å². The Balaban J connectivity index is 1.35. The largest absolute Gasteiger partial charge is 0.340 e. The number of aromatic nitrogens is 2. The zero-order valence-corrected chi connectivity index (χ0v) is 12.8. The lowest BCUT2D eigenvalue weighted by atomic mass is 9.76. The van der Waals surface area contributed by atoms with E-state index < -0.39 is 0 Å². The molecule has 1 aliphatic carbocycles. The van der Waals surface area contributed by atoms with Crippen LogP contribution in [-0.2, 0) is 17.8 Å². The van der Waals surface area contributed by atoms with Crippen LogP contribution < -0.4 is 0 Å². The summed E-state index contributed by atoms with van der Waals surface area (Å²) in [6.07, 6.45) is 4.47. The molecule has 1 fully saturated rings. The molecule has 0 saturated carbocycles. The molecule has 23 heavy (non-hydrogen) atoms. The van der Waals surface area contributed by atoms with E-state index in [0.717, 1.165) is 55.8 Å². The molecule has 0 spiro atoms. The number of nitrogens with zero attached hydrogens (tertiary/aromatic N) is 3. The van der Waals surface area contributed by atoms with Gasteiger partial charge in [0.15, 0.2) is 0 Å². The van der Waals surface area contributed by atoms with Crippen LogP contribution in [0.3, 0.4) is 0 Å². The molecule has 2 aromatic rings. The quantitative estimate of drug-likeness (QED) is 0.935. The second-order valence-corrected chi connectivity index (χ2v) is 6.31. The number of fused-ring (bicyclic) bond motifs is 1. The fraction of sp³-hybridized carbons (Fsp3) is 0.412. The van der Waals surface area contributed by atoms with Gasteiger partial charge in [0.25, 0.3) is 0 Å². The van der Waals surface area contributed by atoms with Gasteiger partial charge in [0, 0.05) is 44.5 Å². The van der Waals surface area contributed by atoms with Gasteiger partial charge in [-0.1, -0.05) is 6.07 Å². The molecule has 2 heterocycles. The average molecular weight is 314 g/mol. The van der Waals surface area contributed by atoms with Crippen LogP contribution in [-0.4, -0.2) is 52.1 Å². The summed E-state index contributed by atoms with van der Waals surface area (Å²) in [6, 6.07) is 4.77. The Morgan fingerprint density at radius 3 is 2.87 bits per heavy atom. The van der Waals surface area contributed by atoms with Crippen LogP contribution in [0.2, 0.25) is 0 Å². The molecular weight excluding hydrogens is 295 g/mol. The van der Waals surface area contributed by atoms with Crippen LogP contribution >= 0.6 is 0 Å². The highest BCUT2D eigenvalue weighted by molar-refractivity contribution is 5.87. The van der Waals surface area contributed by atoms with E-state index in [0.29, 0.717) is 0 Å². The Bertz CT molecular complexity index is 707. The third-order valence-corrected chi connectivity index (χ3v) is 4.85. The lowest BCUT2D eigenvalue weighted by molar-refractivity contribution is -0.135. The van der Waals surface area contributed by atoms with Crippen molar-refractivity contribution in [2.24, 2.45) is 0 Å². The van der Waals surface area contributed by atoms with Gasteiger partial charge in [0.2, 0.25) is 5.91 Å². The van der Waals surface area contributed by atoms with Gasteiger partial charge in [-0.2, -0.15) is 5.10 Å². The zero-order chi connectivity index (χ0) is 15.8. The molecule has 1 saturated heterocycles. The molecule has 0 bridgehead atoms. The number of piperazine rings is 1. The van der Waals surface area contributed by atoms with Gasteiger partial charge in [-0.05, 0) is 29.7 Å². The number of amides is 1. The van der Waals surface area contributed by atoms with Crippen LogP contribution in [0.25, 0.3) is 0 Å². The maximum Gasteiger partial charge on any atom is 0.230 e. The van der Waals surface area contributed by atoms with Crippen molar-refractivity contribution in [3.63, 3.8) is 0 Å². The molecule has 1 unspecified atom stereocenters. The molecule has 4 rings (SSSR count). The van der Waals surface area contributed by atoms with Gasteiger partial charge in [0.05, 0.1) is 12.1 Å². The van der Waals surface area contributed by atoms with E-state index in [-0.39, 0.29) is 17.6 Å². The number of hydrogen-bond acceptors (Lipinski definition) is 3. The summed E-state index contributed by atoms with van der Waals surface area (Å²) >= 11 is 0. The first kappa shape index (κ1) is 14.4. The van der Waals surface area contributed by atoms with Crippen molar-refractivity contribution >= 4 is 5.91 Å². The van der Waals surface area contributed by atoms with E-state index in [9.17, 15) is 9.18 Å². The molecule has 0 radical (unpaired) electrons. The predicted octanol–water partition coefficient (Wildman–Crippen LogP) is 1.53. The number of hydrogen-bond donors (Lipinski definition) is 1. The second kappa shape index (κ2) is 5.77. The molecule has 1 amide bonds. The maximum atomic E-state index is 13.4. The Hall–Kier alpha value is -2.21. The smallest absolute Gasteiger partial charge is 0.230 e. The topological polar surface area (TPSA) is 52.2 Å². The van der Waals surface area contributed by atoms with Crippen LogP contribution in [0.4, 0.5) is 4.39 Å². The van der Waals surface area contributed by atoms with Gasteiger partial charge in [-0.25, -0.2) is 4.39 Å². The third-order valence-electron chi connectivity index (χ3n) is 4.85. The summed E-state index contributed by atoms with van der Waals surface area (Å²) < 4.78 is 13.4. The Labute approximate surface area is 134 Å². The summed E-state index contributed by atoms with van der Waals surface area (Å²) in [5.41, 5.74) is 3.13. The number of halogens is 1. The molecule has 1 aromatic carbocycles. The number of carbonyl (C=O) groups is 1. The van der Waals surface area contributed by atoms with Crippen molar-refractivity contribution in [1.29, 1.82) is 0 Å². The van der Waals surface area contributed by atoms with Gasteiger partial charge >= 0.3 is 0 Å². The van der Waals surface area contributed by atoms with E-state index in [1.807, 2.05) is 17.3 Å². The van der Waals surface area contributed by atoms with Gasteiger partial charge in [0.1, 0.15) is 5.82 Å². The first-order valence-electron chi connectivity index (χ1n) is 7.98. The molecule has 1 aromatic heterocycles. The van der Waals surface area contributed by atoms with Crippen molar-refractivity contribution < 1.29 is 9.18 Å². The van der Waals surface area contributed by atoms with Crippen molar-refractivity contribution in [3.05, 3.63) is 53.1 Å². The van der Waals surface area contributed by atoms with E-state index in [2.05, 4.69) is 15.1 Å². The maximum absolute atomic E-state index is 13.4. The highest BCUT2D eigenvalue weighted by Gasteiger charge is 2.36. The standard InChI is InChI=1S/C17H19FN4O/c18-14-2-1-13-7-16(15(13)8-14)17(23)22-5-3-21(4-6-22)11-12-9-19-20-10-12/h1-2,8-10,16H,3-7,11H2,(H,19,20). The van der Waals surface area contributed by atoms with Crippen LogP contribution in [0.5, 0.6) is 0 Å². The fourth-order valence-electron chi connectivity index (χ4n) is 3.46. The first-order valence-corrected chi connectivity index (χ1v) is 7.98. The minimum absolute atomic E-state index is 0.145. The van der Waals surface area contributed by atoms with Crippen LogP contribution in [0.15, 0.2) is 30.6 Å². The van der Waals surface area contributed by atoms with E-state index in [1.54, 1.807) is 6.07 Å². The highest BCUT2D eigenvalue weighted by atomic mass is 19.1. The minimum atomic E-state index is -0.258. The summed E-state index contributed by atoms with van der Waals surface area (Å²) in [7, 11) is 0. The molecule has 120 valence electrons. The van der Waals surface area contributed by atoms with Crippen molar-refractivity contribution in [2.75, 3.05) is 26.2 Å². The molecule has 5 nitrogen and oxygen atoms in total. The van der Waals surface area contributed by atoms with Gasteiger partial charge in [-0.15, -0.1) is 0 Å². The SMILES string of the molecule is O=C(C1Cc2ccc(F)cc21)N1CCN(Cc2cn[nH]c2)CC1. The summed E-state index contributed by atoms with van der Waals surface area (Å²) in [6.45, 7) is 4.05. The van der Waals surface area contributed by atoms with Crippen molar-refractivity contribution in [2.45, 2.75) is 18.9 Å². The Morgan fingerprint density at radius 1 is 1.30 bits per heavy atom. The summed E-state index contributed by atoms with van der Waals surface area (Å²) in [5, 5.41) is 6.77. The number of rotatable bonds is 3. The number of carbonyl (C=O) groups excluding carboxylic acids is 1. The van der Waals surface area contributed by atoms with E-state index >= 15 is 0 Å². The van der Waals surface area contributed by atoms with E-state index in [1.165, 1.54) is 12.1 Å². The predicted molar refractivity (Wildman–Crippen MR) is 83.3 cm³/mol. The first-order chi connectivity index (χ1) is 11.2. The lowest BCUT2D eigenvalue weighted by Crippen LogP contribution is -2.50. The lowest BCUT2D eigenvalue weighted by Gasteiger charge is -2.39. The summed E-state index contributed by atoms with van der Waals surface area (Å²) in [5.74, 6) is -0.265. The number of H-pyrrole nitrogens is 1. The number of aromatic amines is 1. The van der Waals surface area contributed by atoms with Crippen molar-refractivity contribution in [1.82, 2.24) is 20.0 Å². The van der Waals surface area contributed by atoms with Crippen LogP contribution in [0, 0.1) is 5.82 Å². The molecule has 1 N–H and O–H groups in total. The van der Waals surface area contributed by atoms with Crippen LogP contribution in [0.1, 0.15) is 22.6 Å². The molecule has 1 atom stereocenters. The summed E-state index contributed by atoms with van der Waals surface area (Å²) in [4.78, 5) is 16.9. The van der Waals surface area contributed by atoms with Gasteiger partial charge < -0.3 is 4.90 Å². The fourth-order valence-corrected chi connectivity index (χ4v) is 3.46. The molecule has 1 aliphatic heterocycles. The van der Waals surface area contributed by atoms with Gasteiger partial charge in [-0.3, -0.25) is 14.8 Å². The molecular formula is C17H19FN4O. The van der Waals surface area contributed by atoms with Crippen molar-refractivity contribution in [3.8, 4) is 0 Å². The Kier molecular flexibility index (Phi) is 3.61. The monoisotopic (exact) mass is 314 g/mol. The highest BCUT2D eigenvalue weighted by Crippen LogP contribution is 2.37. The molecule has 6 heteroatoms. The zero-order valence-electron chi connectivity index (χ0n) is 12.8. The Morgan fingerprint density at radius 2 is 2.13 bits per heavy atom. The normalized spacial score (nSPS) is 20.9. The minimum Gasteiger partial charge on any atom is -0.340 e. The molecule has 2 aliphatic rings. The third kappa shape index (κ3) is 2.74. The average Bonchev–Trinajstić information content (AvgIpc) is 3.04. The number of benzene rings is 1.